The van der Waals surface area contributed by atoms with E-state index in [4.69, 9.17) is 34.6 Å². The molecule has 0 aliphatic carbocycles. The molecule has 6 heterocycles. The van der Waals surface area contributed by atoms with Crippen LogP contribution < -0.4 is 5.56 Å². The lowest BCUT2D eigenvalue weighted by Gasteiger charge is -2.26. The van der Waals surface area contributed by atoms with E-state index < -0.39 is 56.6 Å². The number of hydrogen-bond acceptors (Lipinski definition) is 13. The van der Waals surface area contributed by atoms with E-state index in [2.05, 4.69) is 42.2 Å². The molecule has 1 fully saturated rings. The van der Waals surface area contributed by atoms with Crippen LogP contribution in [-0.2, 0) is 52.4 Å². The van der Waals surface area contributed by atoms with E-state index in [0.29, 0.717) is 11.2 Å². The first-order chi connectivity index (χ1) is 19.3. The number of hydrogen-bond donors (Lipinski definition) is 3. The Balaban J connectivity index is 1.41. The molecular formula is C19H20F2N8O8P2S2. The Kier molecular flexibility index (Phi) is 7.37. The minimum atomic E-state index is -4.56. The van der Waals surface area contributed by atoms with Gasteiger partial charge in [-0.15, -0.1) is 0 Å². The molecule has 2 unspecified atom stereocenters. The first-order valence-electron chi connectivity index (χ1n) is 11.7. The topological polar surface area (TPSA) is 191 Å². The van der Waals surface area contributed by atoms with Crippen LogP contribution in [0.4, 0.5) is 8.78 Å². The van der Waals surface area contributed by atoms with Crippen LogP contribution in [0.1, 0.15) is 17.9 Å². The number of halogens is 2. The lowest BCUT2D eigenvalue weighted by Crippen LogP contribution is -2.42. The second-order valence-corrected chi connectivity index (χ2v) is 14.7. The van der Waals surface area contributed by atoms with Crippen molar-refractivity contribution < 1.29 is 41.1 Å². The number of aromatic nitrogens is 8. The Morgan fingerprint density at radius 1 is 1.24 bits per heavy atom. The maximum absolute atomic E-state index is 15.8. The van der Waals surface area contributed by atoms with E-state index in [-0.39, 0.29) is 36.0 Å². The van der Waals surface area contributed by atoms with Crippen molar-refractivity contribution in [3.63, 3.8) is 0 Å². The predicted octanol–water partition coefficient (Wildman–Crippen LogP) is 2.00. The number of nitrogens with zero attached hydrogens (tertiary/aromatic N) is 7. The van der Waals surface area contributed by atoms with Crippen molar-refractivity contribution in [3.8, 4) is 0 Å². The van der Waals surface area contributed by atoms with Gasteiger partial charge in [0.1, 0.15) is 30.1 Å². The quantitative estimate of drug-likeness (QED) is 0.200. The van der Waals surface area contributed by atoms with E-state index in [9.17, 15) is 14.3 Å². The number of thiol groups is 1. The molecule has 0 saturated carbocycles. The van der Waals surface area contributed by atoms with E-state index in [1.54, 1.807) is 0 Å². The lowest BCUT2D eigenvalue weighted by molar-refractivity contribution is -0.117. The summed E-state index contributed by atoms with van der Waals surface area (Å²) in [5.41, 5.74) is -0.161. The van der Waals surface area contributed by atoms with Gasteiger partial charge in [0.15, 0.2) is 35.2 Å². The number of imidazole rings is 2. The number of aryl methyl sites for hydroxylation is 1. The summed E-state index contributed by atoms with van der Waals surface area (Å²) in [5.74, 6) is -3.58. The van der Waals surface area contributed by atoms with Crippen molar-refractivity contribution >= 4 is 59.9 Å². The van der Waals surface area contributed by atoms with Crippen molar-refractivity contribution in [2.75, 3.05) is 13.2 Å². The minimum Gasteiger partial charge on any atom is -0.343 e. The Hall–Kier alpha value is -2.25. The molecule has 22 heteroatoms. The summed E-state index contributed by atoms with van der Waals surface area (Å²) in [6.45, 7) is -8.73. The van der Waals surface area contributed by atoms with Gasteiger partial charge in [0, 0.05) is 6.54 Å². The second-order valence-electron chi connectivity index (χ2n) is 8.94. The number of fused-ring (bicyclic) bond motifs is 6. The molecule has 1 saturated heterocycles. The summed E-state index contributed by atoms with van der Waals surface area (Å²) in [5, 5.41) is 0. The maximum Gasteiger partial charge on any atom is 0.387 e. The number of ether oxygens (including phenoxy) is 1. The molecule has 220 valence electrons. The summed E-state index contributed by atoms with van der Waals surface area (Å²) < 4.78 is 74.4. The monoisotopic (exact) mass is 652 g/mol. The third-order valence-electron chi connectivity index (χ3n) is 6.25. The normalized spacial score (nSPS) is 31.1. The Morgan fingerprint density at radius 2 is 2.05 bits per heavy atom. The summed E-state index contributed by atoms with van der Waals surface area (Å²) >= 11 is 8.95. The van der Waals surface area contributed by atoms with Gasteiger partial charge in [-0.1, -0.05) is 12.2 Å². The molecule has 4 aromatic rings. The molecule has 2 aliphatic rings. The van der Waals surface area contributed by atoms with E-state index in [0.717, 1.165) is 10.9 Å². The highest BCUT2D eigenvalue weighted by Crippen LogP contribution is 2.60. The van der Waals surface area contributed by atoms with Crippen LogP contribution >= 0.6 is 25.8 Å². The minimum absolute atomic E-state index is 0.0340. The van der Waals surface area contributed by atoms with Crippen LogP contribution in [-0.4, -0.2) is 75.3 Å². The van der Waals surface area contributed by atoms with Crippen LogP contribution in [0.3, 0.4) is 0 Å². The van der Waals surface area contributed by atoms with Crippen molar-refractivity contribution in [1.29, 1.82) is 0 Å². The Morgan fingerprint density at radius 3 is 2.85 bits per heavy atom. The molecule has 41 heavy (non-hydrogen) atoms. The summed E-state index contributed by atoms with van der Waals surface area (Å²) in [6.07, 6.45) is -2.38. The fraction of sp³-hybridized carbons (Fsp3) is 0.474. The van der Waals surface area contributed by atoms with E-state index in [1.807, 2.05) is 0 Å². The molecule has 0 radical (unpaired) electrons. The average molecular weight is 652 g/mol. The molecule has 0 amide bonds. The number of rotatable bonds is 1. The first-order valence-corrected chi connectivity index (χ1v) is 17.0. The van der Waals surface area contributed by atoms with Gasteiger partial charge < -0.3 is 28.2 Å². The zero-order valence-electron chi connectivity index (χ0n) is 20.7. The van der Waals surface area contributed by atoms with Crippen LogP contribution in [0.5, 0.6) is 0 Å². The third-order valence-corrected chi connectivity index (χ3v) is 9.44. The molecule has 5 atom stereocenters. The zero-order valence-corrected chi connectivity index (χ0v) is 24.2. The van der Waals surface area contributed by atoms with Crippen molar-refractivity contribution in [1.82, 2.24) is 39.0 Å². The highest BCUT2D eigenvalue weighted by molar-refractivity contribution is 8.44. The molecule has 2 N–H and O–H groups in total. The highest BCUT2D eigenvalue weighted by Gasteiger charge is 2.63. The van der Waals surface area contributed by atoms with Crippen molar-refractivity contribution in [2.45, 2.75) is 44.4 Å². The smallest absolute Gasteiger partial charge is 0.343 e. The Bertz CT molecular complexity index is 1800. The maximum atomic E-state index is 15.8. The number of H-pyrrole nitrogens is 1. The van der Waals surface area contributed by atoms with Crippen LogP contribution in [0.2, 0.25) is 0 Å². The standard InChI is InChI=1S/C19H20F2N8O8P2S2/c1-9-25-16-13(17(30)26-9)24-8-29(16)18-14-19(20,21)11(36-18)5-34-38(31,40)33-3-2-28-12(6-35-39(32,41)37-14)27-10-4-22-7-23-15(10)28/h4,7-8,11,14,18H,2-3,5-6H2,1H3,(H,31,40)(H,32,41)(H,25,26,30)/t11-,14+,18-,38?,39?/m1/s1. The second kappa shape index (κ2) is 10.5. The first kappa shape index (κ1) is 28.9. The molecule has 16 nitrogen and oxygen atoms in total. The number of alkyl halides is 2. The Labute approximate surface area is 238 Å². The number of nitrogens with one attached hydrogen (secondary N) is 1. The molecule has 0 aromatic carbocycles. The largest absolute Gasteiger partial charge is 0.387 e. The van der Waals surface area contributed by atoms with Crippen LogP contribution in [0.25, 0.3) is 22.3 Å². The molecule has 4 aromatic heterocycles. The summed E-state index contributed by atoms with van der Waals surface area (Å²) in [4.78, 5) is 45.9. The van der Waals surface area contributed by atoms with E-state index >= 15 is 8.78 Å². The van der Waals surface area contributed by atoms with Crippen molar-refractivity contribution in [2.24, 2.45) is 0 Å². The highest BCUT2D eigenvalue weighted by atomic mass is 32.7. The van der Waals surface area contributed by atoms with Gasteiger partial charge in [0.25, 0.3) is 5.56 Å². The van der Waals surface area contributed by atoms with Crippen molar-refractivity contribution in [3.05, 3.63) is 40.9 Å². The predicted molar refractivity (Wildman–Crippen MR) is 142 cm³/mol. The van der Waals surface area contributed by atoms with Crippen LogP contribution in [0, 0.1) is 6.92 Å². The molecule has 2 bridgehead atoms. The molecular weight excluding hydrogens is 632 g/mol. The average Bonchev–Trinajstić information content (AvgIpc) is 3.54. The van der Waals surface area contributed by atoms with Gasteiger partial charge in [0.05, 0.1) is 25.7 Å². The summed E-state index contributed by atoms with van der Waals surface area (Å²) in [6, 6.07) is 0. The van der Waals surface area contributed by atoms with Gasteiger partial charge in [0.2, 0.25) is 0 Å². The SMILES string of the molecule is Cc1nc2c(ncn2[C@@H]2O[C@@H]3COP(O)(=S)OCCn4c(nc5cncnc54)COP(=O)(S)O[C@@H]2C3(F)F)c(=O)[nH]1. The molecule has 6 rings (SSSR count). The van der Waals surface area contributed by atoms with Gasteiger partial charge in [-0.25, -0.2) is 38.3 Å². The molecule has 2 aliphatic heterocycles. The number of aromatic amines is 1. The van der Waals surface area contributed by atoms with Gasteiger partial charge in [-0.2, -0.15) is 0 Å². The fourth-order valence-corrected chi connectivity index (χ4v) is 6.91. The lowest BCUT2D eigenvalue weighted by atomic mass is 10.1. The third kappa shape index (κ3) is 5.49. The van der Waals surface area contributed by atoms with Gasteiger partial charge in [-0.05, 0) is 18.7 Å². The fourth-order valence-electron chi connectivity index (χ4n) is 4.44. The van der Waals surface area contributed by atoms with Gasteiger partial charge >= 0.3 is 19.4 Å². The van der Waals surface area contributed by atoms with Gasteiger partial charge in [-0.3, -0.25) is 18.4 Å². The van der Waals surface area contributed by atoms with Crippen LogP contribution in [0.15, 0.2) is 23.6 Å². The zero-order chi connectivity index (χ0) is 29.2. The van der Waals surface area contributed by atoms with E-state index in [1.165, 1.54) is 24.0 Å². The summed E-state index contributed by atoms with van der Waals surface area (Å²) in [7, 11) is 0. The molecule has 0 spiro atoms.